The molecule has 3 heterocycles. The van der Waals surface area contributed by atoms with Crippen LogP contribution in [0.15, 0.2) is 71.9 Å². The lowest BCUT2D eigenvalue weighted by Gasteiger charge is -2.09. The van der Waals surface area contributed by atoms with E-state index in [1.54, 1.807) is 47.1 Å². The van der Waals surface area contributed by atoms with Crippen molar-refractivity contribution in [2.45, 2.75) is 6.54 Å². The summed E-state index contributed by atoms with van der Waals surface area (Å²) in [6.07, 6.45) is 5.12. The fourth-order valence-electron chi connectivity index (χ4n) is 2.92. The number of nitrogens with zero attached hydrogens (tertiary/aromatic N) is 5. The van der Waals surface area contributed by atoms with Crippen LogP contribution in [0, 0.1) is 0 Å². The van der Waals surface area contributed by atoms with Gasteiger partial charge in [-0.3, -0.25) is 9.48 Å². The molecular formula is C21H20N6O2. The van der Waals surface area contributed by atoms with Gasteiger partial charge in [-0.2, -0.15) is 5.10 Å². The van der Waals surface area contributed by atoms with Gasteiger partial charge >= 0.3 is 0 Å². The van der Waals surface area contributed by atoms with Gasteiger partial charge in [-0.05, 0) is 29.8 Å². The topological polar surface area (TPSA) is 86.9 Å². The van der Waals surface area contributed by atoms with Crippen LogP contribution in [0.4, 0.5) is 11.8 Å². The number of benzene rings is 1. The molecule has 29 heavy (non-hydrogen) atoms. The normalized spacial score (nSPS) is 10.7. The summed E-state index contributed by atoms with van der Waals surface area (Å²) in [5, 5.41) is 7.22. The van der Waals surface area contributed by atoms with Crippen molar-refractivity contribution >= 4 is 11.8 Å². The Kier molecular flexibility index (Phi) is 5.07. The fourth-order valence-corrected chi connectivity index (χ4v) is 2.92. The van der Waals surface area contributed by atoms with E-state index < -0.39 is 0 Å². The van der Waals surface area contributed by atoms with E-state index in [-0.39, 0.29) is 5.56 Å². The molecule has 0 bridgehead atoms. The van der Waals surface area contributed by atoms with Crippen molar-refractivity contribution in [3.05, 3.63) is 83.0 Å². The highest BCUT2D eigenvalue weighted by Crippen LogP contribution is 2.18. The van der Waals surface area contributed by atoms with Crippen LogP contribution in [0.3, 0.4) is 0 Å². The summed E-state index contributed by atoms with van der Waals surface area (Å²) < 4.78 is 8.51. The van der Waals surface area contributed by atoms with Crippen LogP contribution >= 0.6 is 0 Å². The minimum absolute atomic E-state index is 0.0990. The number of aryl methyl sites for hydroxylation is 1. The number of nitrogens with one attached hydrogen (secondary N) is 1. The maximum Gasteiger partial charge on any atom is 0.251 e. The molecule has 8 nitrogen and oxygen atoms in total. The first-order valence-electron chi connectivity index (χ1n) is 9.04. The van der Waals surface area contributed by atoms with E-state index in [0.717, 1.165) is 22.7 Å². The molecule has 0 radical (unpaired) electrons. The molecule has 0 fully saturated rings. The highest BCUT2D eigenvalue weighted by Gasteiger charge is 2.07. The number of anilines is 2. The Morgan fingerprint density at radius 2 is 1.90 bits per heavy atom. The van der Waals surface area contributed by atoms with E-state index in [9.17, 15) is 4.79 Å². The van der Waals surface area contributed by atoms with E-state index >= 15 is 0 Å². The van der Waals surface area contributed by atoms with Gasteiger partial charge in [0.05, 0.1) is 25.5 Å². The van der Waals surface area contributed by atoms with Crippen molar-refractivity contribution in [1.29, 1.82) is 0 Å². The van der Waals surface area contributed by atoms with Crippen LogP contribution in [0.25, 0.3) is 11.3 Å². The summed E-state index contributed by atoms with van der Waals surface area (Å²) in [6.45, 7) is 0.486. The monoisotopic (exact) mass is 388 g/mol. The summed E-state index contributed by atoms with van der Waals surface area (Å²) in [5.74, 6) is 2.00. The second-order valence-electron chi connectivity index (χ2n) is 6.46. The van der Waals surface area contributed by atoms with E-state index in [1.807, 2.05) is 43.4 Å². The molecule has 0 aliphatic rings. The van der Waals surface area contributed by atoms with Gasteiger partial charge in [-0.1, -0.05) is 12.1 Å². The number of hydrogen-bond acceptors (Lipinski definition) is 6. The zero-order valence-corrected chi connectivity index (χ0v) is 16.1. The average molecular weight is 388 g/mol. The van der Waals surface area contributed by atoms with E-state index in [2.05, 4.69) is 20.4 Å². The molecule has 0 amide bonds. The fraction of sp³-hybridized carbons (Fsp3) is 0.143. The molecule has 1 N–H and O–H groups in total. The minimum atomic E-state index is -0.0990. The van der Waals surface area contributed by atoms with E-state index in [0.29, 0.717) is 18.2 Å². The highest BCUT2D eigenvalue weighted by atomic mass is 16.5. The summed E-state index contributed by atoms with van der Waals surface area (Å²) >= 11 is 0. The SMILES string of the molecule is COc1ccc(Cn2ccc(-c3ccnc(Nc4ccnn4C)n3)cc2=O)cc1. The summed E-state index contributed by atoms with van der Waals surface area (Å²) in [7, 11) is 3.46. The molecule has 0 saturated heterocycles. The van der Waals surface area contributed by atoms with Gasteiger partial charge < -0.3 is 14.6 Å². The standard InChI is InChI=1S/C21H20N6O2/c1-26-19(8-11-23-26)25-21-22-10-7-18(24-21)16-9-12-27(20(28)13-16)14-15-3-5-17(29-2)6-4-15/h3-13H,14H2,1-2H3,(H,22,24,25). The molecule has 146 valence electrons. The zero-order chi connectivity index (χ0) is 20.2. The molecule has 8 heteroatoms. The van der Waals surface area contributed by atoms with Crippen LogP contribution in [0.1, 0.15) is 5.56 Å². The van der Waals surface area contributed by atoms with Crippen LogP contribution in [-0.2, 0) is 13.6 Å². The lowest BCUT2D eigenvalue weighted by atomic mass is 10.2. The molecule has 0 spiro atoms. The first-order valence-corrected chi connectivity index (χ1v) is 9.04. The van der Waals surface area contributed by atoms with Crippen molar-refractivity contribution in [3.63, 3.8) is 0 Å². The van der Waals surface area contributed by atoms with Crippen molar-refractivity contribution in [1.82, 2.24) is 24.3 Å². The number of pyridine rings is 1. The number of hydrogen-bond donors (Lipinski definition) is 1. The molecular weight excluding hydrogens is 368 g/mol. The Hall–Kier alpha value is -3.94. The number of rotatable bonds is 6. The maximum atomic E-state index is 12.6. The summed E-state index contributed by atoms with van der Waals surface area (Å²) in [4.78, 5) is 21.3. The molecule has 1 aromatic carbocycles. The van der Waals surface area contributed by atoms with E-state index in [1.165, 1.54) is 0 Å². The van der Waals surface area contributed by atoms with Crippen LogP contribution in [-0.4, -0.2) is 31.4 Å². The molecule has 0 unspecified atom stereocenters. The molecule has 3 aromatic heterocycles. The Labute approximate surface area is 167 Å². The third-order valence-electron chi connectivity index (χ3n) is 4.52. The Balaban J connectivity index is 1.55. The maximum absolute atomic E-state index is 12.6. The second-order valence-corrected chi connectivity index (χ2v) is 6.46. The molecule has 0 atom stereocenters. The Morgan fingerprint density at radius 1 is 1.07 bits per heavy atom. The number of ether oxygens (including phenoxy) is 1. The van der Waals surface area contributed by atoms with Gasteiger partial charge in [0.15, 0.2) is 0 Å². The second kappa shape index (κ2) is 7.97. The van der Waals surface area contributed by atoms with Gasteiger partial charge in [0.25, 0.3) is 5.56 Å². The number of methoxy groups -OCH3 is 1. The van der Waals surface area contributed by atoms with Gasteiger partial charge in [0.2, 0.25) is 5.95 Å². The van der Waals surface area contributed by atoms with Gasteiger partial charge in [0.1, 0.15) is 11.6 Å². The molecule has 0 aliphatic heterocycles. The van der Waals surface area contributed by atoms with Gasteiger partial charge in [0, 0.05) is 37.1 Å². The average Bonchev–Trinajstić information content (AvgIpc) is 3.14. The predicted octanol–water partition coefficient (Wildman–Crippen LogP) is 2.84. The van der Waals surface area contributed by atoms with Crippen molar-refractivity contribution in [2.75, 3.05) is 12.4 Å². The first-order chi connectivity index (χ1) is 14.1. The van der Waals surface area contributed by atoms with Crippen molar-refractivity contribution in [2.24, 2.45) is 7.05 Å². The lowest BCUT2D eigenvalue weighted by Crippen LogP contribution is -2.19. The minimum Gasteiger partial charge on any atom is -0.497 e. The Bertz CT molecular complexity index is 1180. The largest absolute Gasteiger partial charge is 0.497 e. The lowest BCUT2D eigenvalue weighted by molar-refractivity contribution is 0.414. The van der Waals surface area contributed by atoms with Crippen LogP contribution < -0.4 is 15.6 Å². The quantitative estimate of drug-likeness (QED) is 0.547. The predicted molar refractivity (Wildman–Crippen MR) is 110 cm³/mol. The summed E-state index contributed by atoms with van der Waals surface area (Å²) in [5.41, 5.74) is 2.32. The molecule has 4 aromatic rings. The number of aromatic nitrogens is 5. The molecule has 4 rings (SSSR count). The van der Waals surface area contributed by atoms with Gasteiger partial charge in [-0.25, -0.2) is 9.97 Å². The van der Waals surface area contributed by atoms with E-state index in [4.69, 9.17) is 4.74 Å². The third kappa shape index (κ3) is 4.16. The zero-order valence-electron chi connectivity index (χ0n) is 16.1. The third-order valence-corrected chi connectivity index (χ3v) is 4.52. The molecule has 0 aliphatic carbocycles. The smallest absolute Gasteiger partial charge is 0.251 e. The highest BCUT2D eigenvalue weighted by molar-refractivity contribution is 5.60. The van der Waals surface area contributed by atoms with Crippen LogP contribution in [0.2, 0.25) is 0 Å². The van der Waals surface area contributed by atoms with Crippen molar-refractivity contribution in [3.8, 4) is 17.0 Å². The van der Waals surface area contributed by atoms with Crippen LogP contribution in [0.5, 0.6) is 5.75 Å². The van der Waals surface area contributed by atoms with Crippen molar-refractivity contribution < 1.29 is 4.74 Å². The molecule has 0 saturated carbocycles. The summed E-state index contributed by atoms with van der Waals surface area (Å²) in [6, 6.07) is 14.7. The first kappa shape index (κ1) is 18.4. The Morgan fingerprint density at radius 3 is 2.59 bits per heavy atom. The van der Waals surface area contributed by atoms with Gasteiger partial charge in [-0.15, -0.1) is 0 Å².